The number of ether oxygens (including phenoxy) is 1. The second-order valence-electron chi connectivity index (χ2n) is 4.67. The highest BCUT2D eigenvalue weighted by molar-refractivity contribution is 7.09. The Labute approximate surface area is 118 Å². The van der Waals surface area contributed by atoms with Crippen LogP contribution in [0.3, 0.4) is 0 Å². The second-order valence-corrected chi connectivity index (χ2v) is 5.60. The maximum absolute atomic E-state index is 5.11. The van der Waals surface area contributed by atoms with Crippen molar-refractivity contribution in [3.05, 3.63) is 51.5 Å². The molecule has 0 aliphatic heterocycles. The summed E-state index contributed by atoms with van der Waals surface area (Å²) < 4.78 is 5.11. The Bertz CT molecular complexity index is 491. The Hall–Kier alpha value is -1.23. The number of nitrogens with one attached hydrogen (secondary N) is 1. The van der Waals surface area contributed by atoms with Crippen molar-refractivity contribution in [1.82, 2.24) is 10.3 Å². The number of hydrogen-bond acceptors (Lipinski definition) is 4. The van der Waals surface area contributed by atoms with E-state index in [1.165, 1.54) is 16.7 Å². The first kappa shape index (κ1) is 14.2. The molecule has 0 saturated carbocycles. The van der Waals surface area contributed by atoms with Crippen LogP contribution in [0.25, 0.3) is 0 Å². The molecular weight excluding hydrogens is 256 g/mol. The summed E-state index contributed by atoms with van der Waals surface area (Å²) >= 11 is 1.68. The van der Waals surface area contributed by atoms with E-state index in [0.717, 1.165) is 11.6 Å². The van der Waals surface area contributed by atoms with E-state index >= 15 is 0 Å². The van der Waals surface area contributed by atoms with Crippen LogP contribution in [0.5, 0.6) is 0 Å². The lowest BCUT2D eigenvalue weighted by Crippen LogP contribution is -2.26. The van der Waals surface area contributed by atoms with E-state index in [2.05, 4.69) is 42.3 Å². The number of aromatic nitrogens is 1. The molecule has 0 saturated heterocycles. The van der Waals surface area contributed by atoms with Crippen molar-refractivity contribution in [3.8, 4) is 0 Å². The van der Waals surface area contributed by atoms with E-state index in [9.17, 15) is 0 Å². The highest BCUT2D eigenvalue weighted by atomic mass is 32.1. The molecule has 1 N–H and O–H groups in total. The minimum atomic E-state index is 0.147. The molecular formula is C15H20N2OS. The number of benzene rings is 1. The molecule has 19 heavy (non-hydrogen) atoms. The van der Waals surface area contributed by atoms with Crippen LogP contribution in [0.4, 0.5) is 0 Å². The molecule has 0 bridgehead atoms. The molecule has 0 radical (unpaired) electrons. The van der Waals surface area contributed by atoms with Gasteiger partial charge in [0.1, 0.15) is 5.01 Å². The normalized spacial score (nSPS) is 12.6. The van der Waals surface area contributed by atoms with Crippen molar-refractivity contribution in [1.29, 1.82) is 0 Å². The molecule has 1 heterocycles. The van der Waals surface area contributed by atoms with Gasteiger partial charge >= 0.3 is 0 Å². The largest absolute Gasteiger partial charge is 0.383 e. The molecule has 1 unspecified atom stereocenters. The third kappa shape index (κ3) is 3.86. The van der Waals surface area contributed by atoms with Crippen LogP contribution < -0.4 is 5.32 Å². The van der Waals surface area contributed by atoms with Gasteiger partial charge in [-0.15, -0.1) is 11.3 Å². The summed E-state index contributed by atoms with van der Waals surface area (Å²) in [5.41, 5.74) is 3.83. The van der Waals surface area contributed by atoms with Gasteiger partial charge in [-0.25, -0.2) is 4.98 Å². The van der Waals surface area contributed by atoms with E-state index in [4.69, 9.17) is 4.74 Å². The summed E-state index contributed by atoms with van der Waals surface area (Å²) in [7, 11) is 1.72. The molecule has 0 amide bonds. The van der Waals surface area contributed by atoms with Gasteiger partial charge in [-0.2, -0.15) is 0 Å². The topological polar surface area (TPSA) is 34.1 Å². The predicted molar refractivity (Wildman–Crippen MR) is 79.8 cm³/mol. The molecule has 2 rings (SSSR count). The molecule has 0 spiro atoms. The van der Waals surface area contributed by atoms with Crippen LogP contribution >= 0.6 is 11.3 Å². The molecule has 3 nitrogen and oxygen atoms in total. The molecule has 2 aromatic rings. The zero-order chi connectivity index (χ0) is 13.7. The maximum atomic E-state index is 5.11. The summed E-state index contributed by atoms with van der Waals surface area (Å²) in [6, 6.07) is 6.78. The van der Waals surface area contributed by atoms with Crippen molar-refractivity contribution in [2.75, 3.05) is 20.3 Å². The monoisotopic (exact) mass is 276 g/mol. The van der Waals surface area contributed by atoms with Gasteiger partial charge in [-0.1, -0.05) is 29.3 Å². The fourth-order valence-corrected chi connectivity index (χ4v) is 2.95. The van der Waals surface area contributed by atoms with Crippen molar-refractivity contribution >= 4 is 11.3 Å². The Kier molecular flexibility index (Phi) is 5.07. The van der Waals surface area contributed by atoms with Crippen molar-refractivity contribution < 1.29 is 4.74 Å². The lowest BCUT2D eigenvalue weighted by molar-refractivity contribution is 0.197. The van der Waals surface area contributed by atoms with Gasteiger partial charge in [0.05, 0.1) is 12.6 Å². The number of aryl methyl sites for hydroxylation is 2. The van der Waals surface area contributed by atoms with Gasteiger partial charge in [0, 0.05) is 25.2 Å². The Morgan fingerprint density at radius 2 is 2.00 bits per heavy atom. The molecule has 0 aliphatic carbocycles. The van der Waals surface area contributed by atoms with Crippen molar-refractivity contribution in [2.45, 2.75) is 19.9 Å². The van der Waals surface area contributed by atoms with E-state index in [-0.39, 0.29) is 6.04 Å². The van der Waals surface area contributed by atoms with Crippen molar-refractivity contribution in [2.24, 2.45) is 0 Å². The van der Waals surface area contributed by atoms with Crippen LogP contribution in [0.2, 0.25) is 0 Å². The highest BCUT2D eigenvalue weighted by Crippen LogP contribution is 2.25. The summed E-state index contributed by atoms with van der Waals surface area (Å²) in [5.74, 6) is 0. The van der Waals surface area contributed by atoms with Gasteiger partial charge in [0.2, 0.25) is 0 Å². The lowest BCUT2D eigenvalue weighted by atomic mass is 10.0. The smallest absolute Gasteiger partial charge is 0.114 e. The average Bonchev–Trinajstić information content (AvgIpc) is 2.87. The van der Waals surface area contributed by atoms with E-state index in [0.29, 0.717) is 6.61 Å². The van der Waals surface area contributed by atoms with Gasteiger partial charge in [0.25, 0.3) is 0 Å². The van der Waals surface area contributed by atoms with Crippen LogP contribution in [-0.2, 0) is 4.74 Å². The van der Waals surface area contributed by atoms with Crippen LogP contribution in [0.15, 0.2) is 29.8 Å². The minimum absolute atomic E-state index is 0.147. The predicted octanol–water partition coefficient (Wildman–Crippen LogP) is 3.09. The molecule has 1 aromatic heterocycles. The first-order valence-electron chi connectivity index (χ1n) is 6.40. The van der Waals surface area contributed by atoms with Crippen molar-refractivity contribution in [3.63, 3.8) is 0 Å². The third-order valence-electron chi connectivity index (χ3n) is 2.93. The standard InChI is InChI=1S/C15H20N2OS/c1-11-8-12(2)10-13(9-11)14(16-4-6-18-3)15-17-5-7-19-15/h5,7-10,14,16H,4,6H2,1-3H3. The Morgan fingerprint density at radius 3 is 2.58 bits per heavy atom. The maximum Gasteiger partial charge on any atom is 0.114 e. The molecule has 1 aromatic carbocycles. The second kappa shape index (κ2) is 6.80. The zero-order valence-corrected chi connectivity index (χ0v) is 12.5. The number of thiazole rings is 1. The lowest BCUT2D eigenvalue weighted by Gasteiger charge is -2.18. The van der Waals surface area contributed by atoms with Gasteiger partial charge in [-0.3, -0.25) is 0 Å². The molecule has 102 valence electrons. The first-order valence-corrected chi connectivity index (χ1v) is 7.28. The summed E-state index contributed by atoms with van der Waals surface area (Å²) in [6.07, 6.45) is 1.85. The number of hydrogen-bond donors (Lipinski definition) is 1. The Balaban J connectivity index is 2.25. The fraction of sp³-hybridized carbons (Fsp3) is 0.400. The van der Waals surface area contributed by atoms with E-state index < -0.39 is 0 Å². The molecule has 4 heteroatoms. The van der Waals surface area contributed by atoms with Gasteiger partial charge < -0.3 is 10.1 Å². The summed E-state index contributed by atoms with van der Waals surface area (Å²) in [4.78, 5) is 4.45. The molecule has 1 atom stereocenters. The van der Waals surface area contributed by atoms with E-state index in [1.54, 1.807) is 18.4 Å². The fourth-order valence-electron chi connectivity index (χ4n) is 2.21. The average molecular weight is 276 g/mol. The number of nitrogens with zero attached hydrogens (tertiary/aromatic N) is 1. The highest BCUT2D eigenvalue weighted by Gasteiger charge is 2.16. The van der Waals surface area contributed by atoms with Crippen LogP contribution in [0.1, 0.15) is 27.7 Å². The summed E-state index contributed by atoms with van der Waals surface area (Å²) in [6.45, 7) is 5.77. The SMILES string of the molecule is COCCNC(c1cc(C)cc(C)c1)c1nccs1. The van der Waals surface area contributed by atoms with Crippen LogP contribution in [0, 0.1) is 13.8 Å². The molecule has 0 aliphatic rings. The quantitative estimate of drug-likeness (QED) is 0.823. The van der Waals surface area contributed by atoms with Crippen LogP contribution in [-0.4, -0.2) is 25.2 Å². The third-order valence-corrected chi connectivity index (χ3v) is 3.77. The molecule has 0 fully saturated rings. The minimum Gasteiger partial charge on any atom is -0.383 e. The zero-order valence-electron chi connectivity index (χ0n) is 11.6. The number of rotatable bonds is 6. The van der Waals surface area contributed by atoms with Gasteiger partial charge in [-0.05, 0) is 19.4 Å². The number of methoxy groups -OCH3 is 1. The van der Waals surface area contributed by atoms with Gasteiger partial charge in [0.15, 0.2) is 0 Å². The Morgan fingerprint density at radius 1 is 1.26 bits per heavy atom. The van der Waals surface area contributed by atoms with E-state index in [1.807, 2.05) is 11.6 Å². The summed E-state index contributed by atoms with van der Waals surface area (Å²) in [5, 5.41) is 6.63. The first-order chi connectivity index (χ1) is 9.20.